The molecule has 1 aromatic heterocycles. The van der Waals surface area contributed by atoms with E-state index in [0.717, 1.165) is 5.52 Å². The molecule has 1 heterocycles. The smallest absolute Gasteiger partial charge is 0.189 e. The predicted octanol–water partition coefficient (Wildman–Crippen LogP) is 1.38. The van der Waals surface area contributed by atoms with Crippen molar-refractivity contribution in [3.63, 3.8) is 0 Å². The lowest BCUT2D eigenvalue weighted by Gasteiger charge is -2.11. The van der Waals surface area contributed by atoms with Crippen molar-refractivity contribution in [2.75, 3.05) is 0 Å². The second kappa shape index (κ2) is 3.87. The molecule has 1 aromatic carbocycles. The summed E-state index contributed by atoms with van der Waals surface area (Å²) in [6, 6.07) is 8.96. The van der Waals surface area contributed by atoms with Crippen LogP contribution in [0.3, 0.4) is 0 Å². The van der Waals surface area contributed by atoms with Gasteiger partial charge in [-0.1, -0.05) is 12.1 Å². The van der Waals surface area contributed by atoms with Crippen LogP contribution in [-0.4, -0.2) is 15.8 Å². The molecule has 1 N–H and O–H groups in total. The van der Waals surface area contributed by atoms with E-state index in [1.807, 2.05) is 22.8 Å². The number of nitrogens with zero attached hydrogens (tertiary/aromatic N) is 1. The second-order valence-electron chi connectivity index (χ2n) is 3.70. The molecule has 0 aliphatic carbocycles. The van der Waals surface area contributed by atoms with E-state index in [4.69, 9.17) is 0 Å². The van der Waals surface area contributed by atoms with Gasteiger partial charge in [-0.3, -0.25) is 4.79 Å². The minimum atomic E-state index is -0.420. The monoisotopic (exact) mass is 203 g/mol. The van der Waals surface area contributed by atoms with Crippen LogP contribution < -0.4 is 5.43 Å². The third-order valence-corrected chi connectivity index (χ3v) is 2.35. The summed E-state index contributed by atoms with van der Waals surface area (Å²) in [6.45, 7) is 2.23. The Morgan fingerprint density at radius 3 is 2.80 bits per heavy atom. The number of pyridine rings is 1. The fourth-order valence-corrected chi connectivity index (χ4v) is 1.70. The Balaban J connectivity index is 2.66. The van der Waals surface area contributed by atoms with Crippen molar-refractivity contribution in [3.8, 4) is 0 Å². The molecule has 0 radical (unpaired) electrons. The summed E-state index contributed by atoms with van der Waals surface area (Å²) in [7, 11) is 0. The number of benzene rings is 1. The molecule has 2 aromatic rings. The molecule has 0 spiro atoms. The molecule has 78 valence electrons. The highest BCUT2D eigenvalue weighted by Crippen LogP contribution is 2.09. The molecule has 0 amide bonds. The van der Waals surface area contributed by atoms with E-state index in [9.17, 15) is 9.90 Å². The average molecular weight is 203 g/mol. The van der Waals surface area contributed by atoms with E-state index in [1.54, 1.807) is 19.2 Å². The molecular formula is C12H13NO2. The lowest BCUT2D eigenvalue weighted by atomic mass is 10.2. The first kappa shape index (κ1) is 9.93. The third kappa shape index (κ3) is 1.92. The molecule has 1 unspecified atom stereocenters. The number of aliphatic hydroxyl groups excluding tert-OH is 1. The number of para-hydroxylation sites is 1. The highest BCUT2D eigenvalue weighted by Gasteiger charge is 2.03. The molecule has 3 heteroatoms. The topological polar surface area (TPSA) is 42.2 Å². The van der Waals surface area contributed by atoms with Gasteiger partial charge < -0.3 is 9.67 Å². The fraction of sp³-hybridized carbons (Fsp3) is 0.250. The van der Waals surface area contributed by atoms with Crippen LogP contribution in [0.25, 0.3) is 10.9 Å². The average Bonchev–Trinajstić information content (AvgIpc) is 2.22. The van der Waals surface area contributed by atoms with Crippen molar-refractivity contribution in [1.82, 2.24) is 4.57 Å². The molecule has 2 rings (SSSR count). The van der Waals surface area contributed by atoms with E-state index in [1.165, 1.54) is 6.07 Å². The van der Waals surface area contributed by atoms with Crippen molar-refractivity contribution in [2.45, 2.75) is 19.6 Å². The van der Waals surface area contributed by atoms with Gasteiger partial charge in [0.15, 0.2) is 5.43 Å². The lowest BCUT2D eigenvalue weighted by molar-refractivity contribution is 0.175. The van der Waals surface area contributed by atoms with Crippen LogP contribution in [-0.2, 0) is 6.54 Å². The molecular weight excluding hydrogens is 190 g/mol. The lowest BCUT2D eigenvalue weighted by Crippen LogP contribution is -2.15. The summed E-state index contributed by atoms with van der Waals surface area (Å²) in [5, 5.41) is 10.0. The Kier molecular flexibility index (Phi) is 2.56. The summed E-state index contributed by atoms with van der Waals surface area (Å²) in [4.78, 5) is 11.5. The molecule has 0 fully saturated rings. The SMILES string of the molecule is CC(O)Cn1ccc(=O)c2ccccc21. The Labute approximate surface area is 87.6 Å². The maximum Gasteiger partial charge on any atom is 0.189 e. The Morgan fingerprint density at radius 1 is 1.33 bits per heavy atom. The first-order valence-corrected chi connectivity index (χ1v) is 4.95. The first-order valence-electron chi connectivity index (χ1n) is 4.95. The van der Waals surface area contributed by atoms with Gasteiger partial charge in [0.2, 0.25) is 0 Å². The standard InChI is InChI=1S/C12H13NO2/c1-9(14)8-13-7-6-12(15)10-4-2-3-5-11(10)13/h2-7,9,14H,8H2,1H3. The van der Waals surface area contributed by atoms with Gasteiger partial charge in [0.05, 0.1) is 11.6 Å². The maximum absolute atomic E-state index is 11.5. The van der Waals surface area contributed by atoms with Crippen LogP contribution in [0, 0.1) is 0 Å². The summed E-state index contributed by atoms with van der Waals surface area (Å²) in [6.07, 6.45) is 1.30. The first-order chi connectivity index (χ1) is 7.18. The van der Waals surface area contributed by atoms with Crippen molar-refractivity contribution in [3.05, 3.63) is 46.8 Å². The molecule has 1 atom stereocenters. The van der Waals surface area contributed by atoms with Crippen molar-refractivity contribution >= 4 is 10.9 Å². The largest absolute Gasteiger partial charge is 0.392 e. The quantitative estimate of drug-likeness (QED) is 0.801. The zero-order valence-corrected chi connectivity index (χ0v) is 8.55. The van der Waals surface area contributed by atoms with Gasteiger partial charge in [0.1, 0.15) is 0 Å². The van der Waals surface area contributed by atoms with Crippen LogP contribution in [0.2, 0.25) is 0 Å². The van der Waals surface area contributed by atoms with E-state index in [0.29, 0.717) is 11.9 Å². The van der Waals surface area contributed by atoms with Crippen LogP contribution in [0.4, 0.5) is 0 Å². The van der Waals surface area contributed by atoms with E-state index in [-0.39, 0.29) is 5.43 Å². The van der Waals surface area contributed by atoms with E-state index in [2.05, 4.69) is 0 Å². The highest BCUT2D eigenvalue weighted by molar-refractivity contribution is 5.78. The predicted molar refractivity (Wildman–Crippen MR) is 59.9 cm³/mol. The normalized spacial score (nSPS) is 12.9. The summed E-state index contributed by atoms with van der Waals surface area (Å²) < 4.78 is 1.89. The third-order valence-electron chi connectivity index (χ3n) is 2.35. The molecule has 15 heavy (non-hydrogen) atoms. The maximum atomic E-state index is 11.5. The van der Waals surface area contributed by atoms with Crippen molar-refractivity contribution < 1.29 is 5.11 Å². The van der Waals surface area contributed by atoms with Crippen molar-refractivity contribution in [2.24, 2.45) is 0 Å². The number of aliphatic hydroxyl groups is 1. The van der Waals surface area contributed by atoms with Crippen LogP contribution in [0.5, 0.6) is 0 Å². The zero-order valence-electron chi connectivity index (χ0n) is 8.55. The number of hydrogen-bond acceptors (Lipinski definition) is 2. The summed E-state index contributed by atoms with van der Waals surface area (Å²) in [5.41, 5.74) is 0.887. The van der Waals surface area contributed by atoms with E-state index < -0.39 is 6.10 Å². The van der Waals surface area contributed by atoms with Crippen LogP contribution >= 0.6 is 0 Å². The second-order valence-corrected chi connectivity index (χ2v) is 3.70. The van der Waals surface area contributed by atoms with Gasteiger partial charge >= 0.3 is 0 Å². The Bertz CT molecular complexity index is 528. The van der Waals surface area contributed by atoms with Gasteiger partial charge in [-0.2, -0.15) is 0 Å². The fourth-order valence-electron chi connectivity index (χ4n) is 1.70. The number of rotatable bonds is 2. The van der Waals surface area contributed by atoms with Crippen molar-refractivity contribution in [1.29, 1.82) is 0 Å². The van der Waals surface area contributed by atoms with Gasteiger partial charge in [0, 0.05) is 24.2 Å². The molecule has 0 saturated heterocycles. The zero-order chi connectivity index (χ0) is 10.8. The molecule has 0 saturated carbocycles. The van der Waals surface area contributed by atoms with Crippen LogP contribution in [0.1, 0.15) is 6.92 Å². The molecule has 0 aliphatic heterocycles. The van der Waals surface area contributed by atoms with Gasteiger partial charge in [-0.25, -0.2) is 0 Å². The number of hydrogen-bond donors (Lipinski definition) is 1. The minimum absolute atomic E-state index is 0.0208. The molecule has 0 aliphatic rings. The van der Waals surface area contributed by atoms with Gasteiger partial charge in [-0.15, -0.1) is 0 Å². The Morgan fingerprint density at radius 2 is 2.07 bits per heavy atom. The van der Waals surface area contributed by atoms with E-state index >= 15 is 0 Å². The minimum Gasteiger partial charge on any atom is -0.392 e. The Hall–Kier alpha value is -1.61. The number of fused-ring (bicyclic) bond motifs is 1. The highest BCUT2D eigenvalue weighted by atomic mass is 16.3. The molecule has 0 bridgehead atoms. The number of aromatic nitrogens is 1. The summed E-state index contributed by atoms with van der Waals surface area (Å²) in [5.74, 6) is 0. The van der Waals surface area contributed by atoms with Gasteiger partial charge in [-0.05, 0) is 19.1 Å². The van der Waals surface area contributed by atoms with Gasteiger partial charge in [0.25, 0.3) is 0 Å². The summed E-state index contributed by atoms with van der Waals surface area (Å²) >= 11 is 0. The molecule has 3 nitrogen and oxygen atoms in total. The van der Waals surface area contributed by atoms with Crippen LogP contribution in [0.15, 0.2) is 41.3 Å².